The van der Waals surface area contributed by atoms with Crippen LogP contribution >= 0.6 is 7.37 Å². The molecular formula is C8H17N2O4P. The lowest BCUT2D eigenvalue weighted by Crippen LogP contribution is -2.45. The van der Waals surface area contributed by atoms with Gasteiger partial charge in [0.15, 0.2) is 7.37 Å². The number of hydrogen-bond donors (Lipinski definition) is 3. The zero-order valence-corrected chi connectivity index (χ0v) is 9.74. The summed E-state index contributed by atoms with van der Waals surface area (Å²) in [6.07, 6.45) is 0.708. The summed E-state index contributed by atoms with van der Waals surface area (Å²) in [7, 11) is -3.13. The minimum Gasteiger partial charge on any atom is -0.346 e. The number of carbonyl (C=O) groups excluding carboxylic acids is 2. The van der Waals surface area contributed by atoms with Gasteiger partial charge in [-0.2, -0.15) is 0 Å². The molecule has 0 aromatic rings. The van der Waals surface area contributed by atoms with Crippen molar-refractivity contribution in [1.29, 1.82) is 0 Å². The van der Waals surface area contributed by atoms with Crippen LogP contribution in [-0.4, -0.2) is 42.0 Å². The number of carbonyl (C=O) groups is 2. The molecule has 1 amide bonds. The van der Waals surface area contributed by atoms with Crippen LogP contribution in [0.2, 0.25) is 0 Å². The van der Waals surface area contributed by atoms with Crippen LogP contribution < -0.4 is 11.1 Å². The Kier molecular flexibility index (Phi) is 5.72. The SMILES string of the molecule is C[C@@H](C=O)NC(=O)[C@@H](N)CCP(C)(=O)O. The number of amides is 1. The Bertz CT molecular complexity index is 276. The second-order valence-corrected chi connectivity index (χ2v) is 6.15. The molecule has 6 nitrogen and oxygen atoms in total. The molecule has 3 atom stereocenters. The number of rotatable bonds is 6. The third-order valence-electron chi connectivity index (χ3n) is 1.77. The molecule has 0 aromatic heterocycles. The van der Waals surface area contributed by atoms with Crippen LogP contribution in [0.15, 0.2) is 0 Å². The van der Waals surface area contributed by atoms with Gasteiger partial charge in [0.1, 0.15) is 6.29 Å². The van der Waals surface area contributed by atoms with Crippen LogP contribution in [0.4, 0.5) is 0 Å². The second kappa shape index (κ2) is 6.00. The molecule has 0 aromatic carbocycles. The van der Waals surface area contributed by atoms with E-state index in [1.54, 1.807) is 0 Å². The number of hydrogen-bond acceptors (Lipinski definition) is 4. The van der Waals surface area contributed by atoms with Crippen molar-refractivity contribution >= 4 is 19.6 Å². The van der Waals surface area contributed by atoms with Gasteiger partial charge in [0, 0.05) is 12.8 Å². The Morgan fingerprint density at radius 2 is 2.20 bits per heavy atom. The molecule has 0 aliphatic rings. The lowest BCUT2D eigenvalue weighted by Gasteiger charge is -2.14. The monoisotopic (exact) mass is 236 g/mol. The van der Waals surface area contributed by atoms with Crippen LogP contribution in [0.3, 0.4) is 0 Å². The van der Waals surface area contributed by atoms with E-state index in [0.29, 0.717) is 6.29 Å². The fourth-order valence-electron chi connectivity index (χ4n) is 0.875. The summed E-state index contributed by atoms with van der Waals surface area (Å²) in [5.74, 6) is -0.483. The van der Waals surface area contributed by atoms with Crippen molar-refractivity contribution in [3.05, 3.63) is 0 Å². The lowest BCUT2D eigenvalue weighted by atomic mass is 10.2. The molecule has 0 radical (unpaired) electrons. The van der Waals surface area contributed by atoms with Gasteiger partial charge in [0.05, 0.1) is 12.1 Å². The largest absolute Gasteiger partial charge is 0.346 e. The van der Waals surface area contributed by atoms with E-state index in [-0.39, 0.29) is 12.6 Å². The zero-order chi connectivity index (χ0) is 12.1. The predicted molar refractivity (Wildman–Crippen MR) is 56.9 cm³/mol. The van der Waals surface area contributed by atoms with E-state index in [2.05, 4.69) is 5.32 Å². The van der Waals surface area contributed by atoms with E-state index < -0.39 is 25.4 Å². The minimum atomic E-state index is -3.13. The van der Waals surface area contributed by atoms with Gasteiger partial charge in [-0.15, -0.1) is 0 Å². The van der Waals surface area contributed by atoms with Gasteiger partial charge in [-0.3, -0.25) is 9.36 Å². The molecule has 0 heterocycles. The summed E-state index contributed by atoms with van der Waals surface area (Å²) in [6.45, 7) is 2.74. The van der Waals surface area contributed by atoms with Gasteiger partial charge in [-0.1, -0.05) is 0 Å². The zero-order valence-electron chi connectivity index (χ0n) is 8.84. The third-order valence-corrected chi connectivity index (χ3v) is 2.85. The molecule has 0 aliphatic heterocycles. The molecular weight excluding hydrogens is 219 g/mol. The van der Waals surface area contributed by atoms with E-state index in [0.717, 1.165) is 0 Å². The summed E-state index contributed by atoms with van der Waals surface area (Å²) in [5.41, 5.74) is 5.47. The van der Waals surface area contributed by atoms with Crippen molar-refractivity contribution in [2.45, 2.75) is 25.4 Å². The first-order chi connectivity index (χ1) is 6.76. The van der Waals surface area contributed by atoms with E-state index in [4.69, 9.17) is 10.6 Å². The molecule has 0 saturated carbocycles. The maximum Gasteiger partial charge on any atom is 0.237 e. The topological polar surface area (TPSA) is 109 Å². The maximum absolute atomic E-state index is 11.3. The third kappa shape index (κ3) is 7.25. The van der Waals surface area contributed by atoms with Gasteiger partial charge < -0.3 is 20.7 Å². The maximum atomic E-state index is 11.3. The van der Waals surface area contributed by atoms with Gasteiger partial charge in [0.25, 0.3) is 0 Å². The highest BCUT2D eigenvalue weighted by atomic mass is 31.2. The smallest absolute Gasteiger partial charge is 0.237 e. The summed E-state index contributed by atoms with van der Waals surface area (Å²) in [4.78, 5) is 30.5. The molecule has 0 spiro atoms. The molecule has 0 rings (SSSR count). The van der Waals surface area contributed by atoms with E-state index in [9.17, 15) is 14.2 Å². The van der Waals surface area contributed by atoms with E-state index in [1.807, 2.05) is 0 Å². The normalized spacial score (nSPS) is 18.7. The van der Waals surface area contributed by atoms with Gasteiger partial charge in [0.2, 0.25) is 5.91 Å². The van der Waals surface area contributed by atoms with E-state index >= 15 is 0 Å². The number of nitrogens with one attached hydrogen (secondary N) is 1. The summed E-state index contributed by atoms with van der Waals surface area (Å²) < 4.78 is 10.9. The highest BCUT2D eigenvalue weighted by Gasteiger charge is 2.19. The highest BCUT2D eigenvalue weighted by molar-refractivity contribution is 7.57. The van der Waals surface area contributed by atoms with Gasteiger partial charge in [-0.25, -0.2) is 0 Å². The molecule has 7 heteroatoms. The van der Waals surface area contributed by atoms with Gasteiger partial charge >= 0.3 is 0 Å². The number of aldehydes is 1. The van der Waals surface area contributed by atoms with Crippen LogP contribution in [0.5, 0.6) is 0 Å². The van der Waals surface area contributed by atoms with Crippen LogP contribution in [-0.2, 0) is 14.2 Å². The average Bonchev–Trinajstić information content (AvgIpc) is 2.12. The Hall–Kier alpha value is -0.710. The quantitative estimate of drug-likeness (QED) is 0.417. The first-order valence-electron chi connectivity index (χ1n) is 4.57. The van der Waals surface area contributed by atoms with Crippen molar-refractivity contribution in [3.8, 4) is 0 Å². The standard InChI is InChI=1S/C8H17N2O4P/c1-6(5-11)10-8(12)7(9)3-4-15(2,13)14/h5-7H,3-4,9H2,1-2H3,(H,10,12)(H,13,14)/t6-,7-/m0/s1. The van der Waals surface area contributed by atoms with Gasteiger partial charge in [-0.05, 0) is 13.3 Å². The Balaban J connectivity index is 4.00. The van der Waals surface area contributed by atoms with Crippen molar-refractivity contribution in [2.24, 2.45) is 5.73 Å². The summed E-state index contributed by atoms with van der Waals surface area (Å²) in [6, 6.07) is -1.45. The molecule has 0 fully saturated rings. The summed E-state index contributed by atoms with van der Waals surface area (Å²) >= 11 is 0. The van der Waals surface area contributed by atoms with Crippen molar-refractivity contribution in [3.63, 3.8) is 0 Å². The first kappa shape index (κ1) is 14.3. The van der Waals surface area contributed by atoms with Crippen LogP contribution in [0.25, 0.3) is 0 Å². The Morgan fingerprint density at radius 3 is 2.60 bits per heavy atom. The minimum absolute atomic E-state index is 0.00292. The molecule has 0 saturated heterocycles. The number of nitrogens with two attached hydrogens (primary N) is 1. The fourth-order valence-corrected chi connectivity index (χ4v) is 1.63. The molecule has 0 bridgehead atoms. The van der Waals surface area contributed by atoms with Crippen molar-refractivity contribution in [1.82, 2.24) is 5.32 Å². The second-order valence-electron chi connectivity index (χ2n) is 3.60. The van der Waals surface area contributed by atoms with Crippen molar-refractivity contribution in [2.75, 3.05) is 12.8 Å². The van der Waals surface area contributed by atoms with Crippen LogP contribution in [0.1, 0.15) is 13.3 Å². The fraction of sp³-hybridized carbons (Fsp3) is 0.750. The lowest BCUT2D eigenvalue weighted by molar-refractivity contribution is -0.124. The Labute approximate surface area is 88.7 Å². The molecule has 4 N–H and O–H groups in total. The average molecular weight is 236 g/mol. The predicted octanol–water partition coefficient (Wildman–Crippen LogP) is -0.692. The highest BCUT2D eigenvalue weighted by Crippen LogP contribution is 2.35. The molecule has 0 aliphatic carbocycles. The van der Waals surface area contributed by atoms with E-state index in [1.165, 1.54) is 13.6 Å². The van der Waals surface area contributed by atoms with Crippen LogP contribution in [0, 0.1) is 0 Å². The Morgan fingerprint density at radius 1 is 1.67 bits per heavy atom. The molecule has 15 heavy (non-hydrogen) atoms. The molecule has 1 unspecified atom stereocenters. The molecule has 88 valence electrons. The summed E-state index contributed by atoms with van der Waals surface area (Å²) in [5, 5.41) is 2.36. The van der Waals surface area contributed by atoms with Crippen molar-refractivity contribution < 1.29 is 19.0 Å². The first-order valence-corrected chi connectivity index (χ1v) is 6.86.